The maximum Gasteiger partial charge on any atom is 0.191 e. The summed E-state index contributed by atoms with van der Waals surface area (Å²) in [5, 5.41) is 6.67. The van der Waals surface area contributed by atoms with Gasteiger partial charge in [0.15, 0.2) is 5.96 Å². The molecule has 0 aromatic heterocycles. The summed E-state index contributed by atoms with van der Waals surface area (Å²) in [6.07, 6.45) is 3.20. The summed E-state index contributed by atoms with van der Waals surface area (Å²) < 4.78 is 0. The van der Waals surface area contributed by atoms with Crippen LogP contribution in [0.5, 0.6) is 0 Å². The Morgan fingerprint density at radius 1 is 1.19 bits per heavy atom. The first-order valence-electron chi connectivity index (χ1n) is 7.55. The van der Waals surface area contributed by atoms with Gasteiger partial charge in [-0.3, -0.25) is 4.99 Å². The summed E-state index contributed by atoms with van der Waals surface area (Å²) in [4.78, 5) is 6.62. The summed E-state index contributed by atoms with van der Waals surface area (Å²) >= 11 is 1.84. The number of guanidine groups is 1. The van der Waals surface area contributed by atoms with Crippen molar-refractivity contribution in [1.29, 1.82) is 0 Å². The molecule has 1 aromatic carbocycles. The van der Waals surface area contributed by atoms with Crippen molar-refractivity contribution in [2.24, 2.45) is 4.99 Å². The lowest BCUT2D eigenvalue weighted by atomic mass is 10.2. The molecule has 118 valence electrons. The zero-order chi connectivity index (χ0) is 15.3. The number of benzene rings is 1. The second-order valence-electron chi connectivity index (χ2n) is 4.69. The van der Waals surface area contributed by atoms with Gasteiger partial charge in [-0.25, -0.2) is 0 Å². The minimum absolute atomic E-state index is 0.895. The van der Waals surface area contributed by atoms with Crippen molar-refractivity contribution in [2.75, 3.05) is 50.1 Å². The highest BCUT2D eigenvalue weighted by Gasteiger charge is 2.03. The van der Waals surface area contributed by atoms with E-state index in [1.54, 1.807) is 0 Å². The predicted octanol–water partition coefficient (Wildman–Crippen LogP) is 2.43. The Labute approximate surface area is 133 Å². The molecule has 0 bridgehead atoms. The van der Waals surface area contributed by atoms with Crippen molar-refractivity contribution in [3.63, 3.8) is 0 Å². The third-order valence-electron chi connectivity index (χ3n) is 3.22. The van der Waals surface area contributed by atoms with E-state index in [1.165, 1.54) is 5.69 Å². The average Bonchev–Trinajstić information content (AvgIpc) is 2.54. The third-order valence-corrected chi connectivity index (χ3v) is 3.83. The lowest BCUT2D eigenvalue weighted by Crippen LogP contribution is -2.39. The van der Waals surface area contributed by atoms with Gasteiger partial charge < -0.3 is 15.5 Å². The van der Waals surface area contributed by atoms with Gasteiger partial charge in [0.2, 0.25) is 0 Å². The fraction of sp³-hybridized carbons (Fsp3) is 0.562. The second kappa shape index (κ2) is 11.3. The lowest BCUT2D eigenvalue weighted by Gasteiger charge is -2.23. The van der Waals surface area contributed by atoms with Crippen LogP contribution in [0.25, 0.3) is 0 Å². The molecule has 1 rings (SSSR count). The van der Waals surface area contributed by atoms with Crippen LogP contribution in [0.3, 0.4) is 0 Å². The number of para-hydroxylation sites is 1. The molecule has 0 fully saturated rings. The van der Waals surface area contributed by atoms with E-state index in [1.807, 2.05) is 18.8 Å². The number of nitrogens with one attached hydrogen (secondary N) is 2. The molecular formula is C16H28N4S. The Balaban J connectivity index is 2.25. The first kappa shape index (κ1) is 17.7. The first-order chi connectivity index (χ1) is 10.3. The molecule has 0 aliphatic carbocycles. The zero-order valence-electron chi connectivity index (χ0n) is 13.4. The molecule has 4 nitrogen and oxygen atoms in total. The quantitative estimate of drug-likeness (QED) is 0.417. The van der Waals surface area contributed by atoms with Crippen LogP contribution in [0.2, 0.25) is 0 Å². The largest absolute Gasteiger partial charge is 0.372 e. The van der Waals surface area contributed by atoms with E-state index < -0.39 is 0 Å². The van der Waals surface area contributed by atoms with Gasteiger partial charge >= 0.3 is 0 Å². The smallest absolute Gasteiger partial charge is 0.191 e. The normalized spacial score (nSPS) is 11.3. The van der Waals surface area contributed by atoms with Gasteiger partial charge in [-0.05, 0) is 31.7 Å². The Kier molecular flexibility index (Phi) is 9.53. The van der Waals surface area contributed by atoms with E-state index >= 15 is 0 Å². The highest BCUT2D eigenvalue weighted by atomic mass is 32.2. The summed E-state index contributed by atoms with van der Waals surface area (Å²) in [6, 6.07) is 10.6. The highest BCUT2D eigenvalue weighted by molar-refractivity contribution is 7.98. The fourth-order valence-corrected chi connectivity index (χ4v) is 2.38. The number of rotatable bonds is 9. The van der Waals surface area contributed by atoms with Crippen LogP contribution < -0.4 is 15.5 Å². The fourth-order valence-electron chi connectivity index (χ4n) is 2.08. The number of thioether (sulfide) groups is 1. The Bertz CT molecular complexity index is 395. The van der Waals surface area contributed by atoms with E-state index in [2.05, 4.69) is 64.0 Å². The molecular weight excluding hydrogens is 280 g/mol. The molecule has 21 heavy (non-hydrogen) atoms. The van der Waals surface area contributed by atoms with Crippen molar-refractivity contribution in [2.45, 2.75) is 13.3 Å². The third kappa shape index (κ3) is 7.27. The van der Waals surface area contributed by atoms with Crippen LogP contribution >= 0.6 is 11.8 Å². The summed E-state index contributed by atoms with van der Waals surface area (Å²) in [6.45, 7) is 6.16. The number of anilines is 1. The summed E-state index contributed by atoms with van der Waals surface area (Å²) in [7, 11) is 1.82. The molecule has 0 aliphatic rings. The van der Waals surface area contributed by atoms with Crippen molar-refractivity contribution in [1.82, 2.24) is 10.6 Å². The van der Waals surface area contributed by atoms with Crippen LogP contribution in [0.15, 0.2) is 35.3 Å². The Morgan fingerprint density at radius 3 is 2.52 bits per heavy atom. The minimum atomic E-state index is 0.895. The van der Waals surface area contributed by atoms with Crippen molar-refractivity contribution < 1.29 is 0 Å². The Hall–Kier alpha value is -1.36. The van der Waals surface area contributed by atoms with Crippen molar-refractivity contribution >= 4 is 23.4 Å². The molecule has 2 N–H and O–H groups in total. The summed E-state index contributed by atoms with van der Waals surface area (Å²) in [5.41, 5.74) is 1.29. The van der Waals surface area contributed by atoms with E-state index in [-0.39, 0.29) is 0 Å². The second-order valence-corrected chi connectivity index (χ2v) is 5.67. The van der Waals surface area contributed by atoms with Gasteiger partial charge in [0, 0.05) is 44.7 Å². The van der Waals surface area contributed by atoms with Gasteiger partial charge in [-0.1, -0.05) is 18.2 Å². The molecule has 0 amide bonds. The van der Waals surface area contributed by atoms with Gasteiger partial charge in [-0.2, -0.15) is 11.8 Å². The SMILES string of the molecule is CCN(CCCNC(=NC)NCCSC)c1ccccc1. The van der Waals surface area contributed by atoms with Crippen molar-refractivity contribution in [3.05, 3.63) is 30.3 Å². The molecule has 0 heterocycles. The number of hydrogen-bond donors (Lipinski definition) is 2. The first-order valence-corrected chi connectivity index (χ1v) is 8.94. The number of hydrogen-bond acceptors (Lipinski definition) is 3. The van der Waals surface area contributed by atoms with Crippen LogP contribution in [-0.4, -0.2) is 51.2 Å². The molecule has 1 aromatic rings. The molecule has 0 atom stereocenters. The van der Waals surface area contributed by atoms with Gasteiger partial charge in [-0.15, -0.1) is 0 Å². The lowest BCUT2D eigenvalue weighted by molar-refractivity contribution is 0.712. The van der Waals surface area contributed by atoms with Crippen LogP contribution in [0, 0.1) is 0 Å². The summed E-state index contributed by atoms with van der Waals surface area (Å²) in [5.74, 6) is 1.99. The van der Waals surface area contributed by atoms with Crippen LogP contribution in [0.1, 0.15) is 13.3 Å². The maximum absolute atomic E-state index is 4.23. The molecule has 0 radical (unpaired) electrons. The Morgan fingerprint density at radius 2 is 1.90 bits per heavy atom. The number of aliphatic imine (C=N–C) groups is 1. The monoisotopic (exact) mass is 308 g/mol. The van der Waals surface area contributed by atoms with Gasteiger partial charge in [0.05, 0.1) is 0 Å². The molecule has 0 saturated carbocycles. The van der Waals surface area contributed by atoms with Crippen LogP contribution in [-0.2, 0) is 0 Å². The molecule has 5 heteroatoms. The van der Waals surface area contributed by atoms with Gasteiger partial charge in [0.1, 0.15) is 0 Å². The van der Waals surface area contributed by atoms with Crippen LogP contribution in [0.4, 0.5) is 5.69 Å². The average molecular weight is 308 g/mol. The molecule has 0 unspecified atom stereocenters. The van der Waals surface area contributed by atoms with E-state index in [9.17, 15) is 0 Å². The molecule has 0 saturated heterocycles. The zero-order valence-corrected chi connectivity index (χ0v) is 14.2. The topological polar surface area (TPSA) is 39.7 Å². The standard InChI is InChI=1S/C16H28N4S/c1-4-20(15-9-6-5-7-10-15)13-8-11-18-16(17-2)19-12-14-21-3/h5-7,9-10H,4,8,11-14H2,1-3H3,(H2,17,18,19). The molecule has 0 aliphatic heterocycles. The maximum atomic E-state index is 4.23. The van der Waals surface area contributed by atoms with E-state index in [4.69, 9.17) is 0 Å². The predicted molar refractivity (Wildman–Crippen MR) is 96.7 cm³/mol. The molecule has 0 spiro atoms. The minimum Gasteiger partial charge on any atom is -0.372 e. The van der Waals surface area contributed by atoms with Crippen molar-refractivity contribution in [3.8, 4) is 0 Å². The van der Waals surface area contributed by atoms with E-state index in [0.717, 1.165) is 44.3 Å². The van der Waals surface area contributed by atoms with E-state index in [0.29, 0.717) is 0 Å². The highest BCUT2D eigenvalue weighted by Crippen LogP contribution is 2.12. The number of nitrogens with zero attached hydrogens (tertiary/aromatic N) is 2. The van der Waals surface area contributed by atoms with Gasteiger partial charge in [0.25, 0.3) is 0 Å².